The van der Waals surface area contributed by atoms with E-state index >= 15 is 0 Å². The van der Waals surface area contributed by atoms with Crippen LogP contribution in [0.25, 0.3) is 0 Å². The molecular formula is C28H35N3O6. The normalized spacial score (nSPS) is 19.4. The number of benzene rings is 2. The van der Waals surface area contributed by atoms with Crippen LogP contribution in [0.1, 0.15) is 53.8 Å². The lowest BCUT2D eigenvalue weighted by atomic mass is 9.96. The second kappa shape index (κ2) is 11.2. The minimum Gasteiger partial charge on any atom is -0.497 e. The zero-order valence-electron chi connectivity index (χ0n) is 21.9. The Hall–Kier alpha value is -3.59. The Balaban J connectivity index is 1.56. The molecular weight excluding hydrogens is 474 g/mol. The van der Waals surface area contributed by atoms with Crippen LogP contribution in [0.4, 0.5) is 0 Å². The first kappa shape index (κ1) is 26.5. The molecule has 2 aromatic carbocycles. The van der Waals surface area contributed by atoms with Crippen LogP contribution in [0.3, 0.4) is 0 Å². The summed E-state index contributed by atoms with van der Waals surface area (Å²) in [6.45, 7) is 4.83. The van der Waals surface area contributed by atoms with Crippen LogP contribution >= 0.6 is 0 Å². The van der Waals surface area contributed by atoms with Gasteiger partial charge in [-0.05, 0) is 61.9 Å². The molecule has 2 aliphatic rings. The highest BCUT2D eigenvalue weighted by molar-refractivity contribution is 5.99. The Kier molecular flexibility index (Phi) is 8.02. The summed E-state index contributed by atoms with van der Waals surface area (Å²) < 4.78 is 16.7. The fraction of sp³-hybridized carbons (Fsp3) is 0.464. The quantitative estimate of drug-likeness (QED) is 0.616. The molecule has 2 atom stereocenters. The summed E-state index contributed by atoms with van der Waals surface area (Å²) >= 11 is 0. The topological polar surface area (TPSA) is 97.4 Å². The highest BCUT2D eigenvalue weighted by atomic mass is 16.5. The minimum atomic E-state index is -0.967. The van der Waals surface area contributed by atoms with Crippen LogP contribution in [-0.2, 0) is 9.53 Å². The molecule has 37 heavy (non-hydrogen) atoms. The smallest absolute Gasteiger partial charge is 0.256 e. The lowest BCUT2D eigenvalue weighted by Crippen LogP contribution is -2.60. The first-order chi connectivity index (χ1) is 17.8. The number of ether oxygens (including phenoxy) is 3. The van der Waals surface area contributed by atoms with Gasteiger partial charge in [0.15, 0.2) is 0 Å². The molecule has 0 aromatic heterocycles. The highest BCUT2D eigenvalue weighted by Crippen LogP contribution is 2.39. The van der Waals surface area contributed by atoms with Gasteiger partial charge >= 0.3 is 0 Å². The van der Waals surface area contributed by atoms with Crippen LogP contribution in [-0.4, -0.2) is 79.2 Å². The molecule has 0 saturated carbocycles. The Morgan fingerprint density at radius 3 is 1.95 bits per heavy atom. The molecule has 2 heterocycles. The van der Waals surface area contributed by atoms with Gasteiger partial charge in [0.1, 0.15) is 23.3 Å². The number of nitrogens with zero attached hydrogens (tertiary/aromatic N) is 2. The summed E-state index contributed by atoms with van der Waals surface area (Å²) in [6, 6.07) is 13.1. The van der Waals surface area contributed by atoms with Crippen LogP contribution in [0.2, 0.25) is 0 Å². The minimum absolute atomic E-state index is 0.0223. The van der Waals surface area contributed by atoms with Crippen molar-refractivity contribution in [2.45, 2.75) is 50.9 Å². The van der Waals surface area contributed by atoms with E-state index in [-0.39, 0.29) is 30.4 Å². The number of nitrogens with one attached hydrogen (secondary N) is 1. The maximum Gasteiger partial charge on any atom is 0.256 e. The number of carbonyl (C=O) groups is 3. The van der Waals surface area contributed by atoms with Gasteiger partial charge in [-0.25, -0.2) is 0 Å². The molecule has 9 nitrogen and oxygen atoms in total. The predicted octanol–water partition coefficient (Wildman–Crippen LogP) is 3.09. The van der Waals surface area contributed by atoms with Gasteiger partial charge in [0.05, 0.1) is 20.8 Å². The lowest BCUT2D eigenvalue weighted by molar-refractivity contribution is -0.128. The molecule has 0 unspecified atom stereocenters. The maximum absolute atomic E-state index is 13.8. The maximum atomic E-state index is 13.8. The van der Waals surface area contributed by atoms with E-state index < -0.39 is 11.8 Å². The monoisotopic (exact) mass is 509 g/mol. The van der Waals surface area contributed by atoms with E-state index in [9.17, 15) is 14.4 Å². The summed E-state index contributed by atoms with van der Waals surface area (Å²) in [5.41, 5.74) is 0.0512. The molecule has 0 radical (unpaired) electrons. The summed E-state index contributed by atoms with van der Waals surface area (Å²) in [6.07, 6.45) is 1.59. The zero-order chi connectivity index (χ0) is 26.6. The number of hydrogen-bond donors (Lipinski definition) is 1. The molecule has 3 amide bonds. The molecule has 1 N–H and O–H groups in total. The predicted molar refractivity (Wildman–Crippen MR) is 138 cm³/mol. The van der Waals surface area contributed by atoms with Crippen molar-refractivity contribution in [1.82, 2.24) is 15.1 Å². The van der Waals surface area contributed by atoms with Crippen molar-refractivity contribution in [3.63, 3.8) is 0 Å². The summed E-state index contributed by atoms with van der Waals surface area (Å²) in [7, 11) is 3.15. The fourth-order valence-electron chi connectivity index (χ4n) is 4.86. The van der Waals surface area contributed by atoms with Gasteiger partial charge < -0.3 is 24.4 Å². The van der Waals surface area contributed by atoms with E-state index in [1.54, 1.807) is 72.6 Å². The van der Waals surface area contributed by atoms with Crippen LogP contribution in [0.5, 0.6) is 11.5 Å². The lowest BCUT2D eigenvalue weighted by Gasteiger charge is -2.44. The van der Waals surface area contributed by atoms with Gasteiger partial charge in [0, 0.05) is 43.1 Å². The highest BCUT2D eigenvalue weighted by Gasteiger charge is 2.54. The van der Waals surface area contributed by atoms with Gasteiger partial charge in [-0.3, -0.25) is 19.3 Å². The Bertz CT molecular complexity index is 1110. The SMILES string of the molecule is CC[C@H](C)NC(=O)[C@H]1COC2(CCN(C(=O)c3ccc(OC)cc3)CC2)N1C(=O)c1ccc(OC)cc1. The summed E-state index contributed by atoms with van der Waals surface area (Å²) in [4.78, 5) is 43.5. The molecule has 198 valence electrons. The van der Waals surface area contributed by atoms with Gasteiger partial charge in [-0.15, -0.1) is 0 Å². The molecule has 2 aromatic rings. The van der Waals surface area contributed by atoms with Gasteiger partial charge in [-0.2, -0.15) is 0 Å². The van der Waals surface area contributed by atoms with E-state index in [2.05, 4.69) is 5.32 Å². The molecule has 2 fully saturated rings. The standard InChI is InChI=1S/C28H35N3O6/c1-5-19(2)29-25(32)24-18-37-28(31(24)27(34)21-8-12-23(36-4)13-9-21)14-16-30(17-15-28)26(33)20-6-10-22(35-3)11-7-20/h6-13,19,24H,5,14-18H2,1-4H3,(H,29,32)/t19-,24+/m0/s1. The second-order valence-corrected chi connectivity index (χ2v) is 9.52. The third kappa shape index (κ3) is 5.41. The van der Waals surface area contributed by atoms with Crippen LogP contribution < -0.4 is 14.8 Å². The molecule has 2 aliphatic heterocycles. The number of hydrogen-bond acceptors (Lipinski definition) is 6. The fourth-order valence-corrected chi connectivity index (χ4v) is 4.86. The zero-order valence-corrected chi connectivity index (χ0v) is 21.9. The van der Waals surface area contributed by atoms with Gasteiger partial charge in [-0.1, -0.05) is 6.92 Å². The van der Waals surface area contributed by atoms with E-state index in [1.165, 1.54) is 0 Å². The second-order valence-electron chi connectivity index (χ2n) is 9.52. The largest absolute Gasteiger partial charge is 0.497 e. The van der Waals surface area contributed by atoms with E-state index in [4.69, 9.17) is 14.2 Å². The average Bonchev–Trinajstić information content (AvgIpc) is 3.31. The number of piperidine rings is 1. The first-order valence-electron chi connectivity index (χ1n) is 12.7. The van der Waals surface area contributed by atoms with Crippen molar-refractivity contribution in [1.29, 1.82) is 0 Å². The summed E-state index contributed by atoms with van der Waals surface area (Å²) in [5, 5.41) is 3.00. The van der Waals surface area contributed by atoms with Crippen molar-refractivity contribution in [2.75, 3.05) is 33.9 Å². The third-order valence-electron chi connectivity index (χ3n) is 7.29. The number of likely N-dealkylation sites (tertiary alicyclic amines) is 1. The molecule has 1 spiro atoms. The molecule has 4 rings (SSSR count). The van der Waals surface area contributed by atoms with E-state index in [0.29, 0.717) is 48.6 Å². The van der Waals surface area contributed by atoms with E-state index in [0.717, 1.165) is 6.42 Å². The molecule has 9 heteroatoms. The van der Waals surface area contributed by atoms with Crippen molar-refractivity contribution < 1.29 is 28.6 Å². The number of methoxy groups -OCH3 is 2. The third-order valence-corrected chi connectivity index (χ3v) is 7.29. The Labute approximate surface area is 217 Å². The summed E-state index contributed by atoms with van der Waals surface area (Å²) in [5.74, 6) is 0.724. The number of rotatable bonds is 7. The Morgan fingerprint density at radius 2 is 1.46 bits per heavy atom. The van der Waals surface area contributed by atoms with Crippen molar-refractivity contribution in [3.8, 4) is 11.5 Å². The Morgan fingerprint density at radius 1 is 0.946 bits per heavy atom. The molecule has 0 bridgehead atoms. The van der Waals surface area contributed by atoms with Gasteiger partial charge in [0.25, 0.3) is 11.8 Å². The van der Waals surface area contributed by atoms with Crippen LogP contribution in [0, 0.1) is 0 Å². The van der Waals surface area contributed by atoms with Crippen LogP contribution in [0.15, 0.2) is 48.5 Å². The van der Waals surface area contributed by atoms with Crippen molar-refractivity contribution in [3.05, 3.63) is 59.7 Å². The van der Waals surface area contributed by atoms with E-state index in [1.807, 2.05) is 13.8 Å². The number of carbonyl (C=O) groups excluding carboxylic acids is 3. The van der Waals surface area contributed by atoms with Crippen molar-refractivity contribution >= 4 is 17.7 Å². The van der Waals surface area contributed by atoms with Gasteiger partial charge in [0.2, 0.25) is 5.91 Å². The first-order valence-corrected chi connectivity index (χ1v) is 12.7. The average molecular weight is 510 g/mol. The molecule has 0 aliphatic carbocycles. The molecule has 2 saturated heterocycles. The van der Waals surface area contributed by atoms with Crippen molar-refractivity contribution in [2.24, 2.45) is 0 Å². The number of amides is 3.